The lowest BCUT2D eigenvalue weighted by Crippen LogP contribution is -2.27. The summed E-state index contributed by atoms with van der Waals surface area (Å²) in [4.78, 5) is 10.8. The molecule has 0 aliphatic heterocycles. The van der Waals surface area contributed by atoms with Crippen LogP contribution in [0.25, 0.3) is 0 Å². The highest BCUT2D eigenvalue weighted by atomic mass is 32.2. The van der Waals surface area contributed by atoms with Crippen LogP contribution in [-0.2, 0) is 9.53 Å². The van der Waals surface area contributed by atoms with Crippen molar-refractivity contribution in [2.24, 2.45) is 5.73 Å². The Morgan fingerprint density at radius 2 is 2.40 bits per heavy atom. The highest BCUT2D eigenvalue weighted by molar-refractivity contribution is 8.00. The number of carbonyl (C=O) groups is 1. The molecule has 0 aliphatic carbocycles. The molecule has 3 nitrogen and oxygen atoms in total. The Hall–Kier alpha value is -0.220. The van der Waals surface area contributed by atoms with Crippen molar-refractivity contribution in [3.05, 3.63) is 0 Å². The third-order valence-electron chi connectivity index (χ3n) is 1.05. The van der Waals surface area contributed by atoms with Crippen molar-refractivity contribution in [3.8, 4) is 0 Å². The fourth-order valence-electron chi connectivity index (χ4n) is 0.565. The van der Waals surface area contributed by atoms with E-state index in [0.29, 0.717) is 6.54 Å². The van der Waals surface area contributed by atoms with Crippen molar-refractivity contribution in [3.63, 3.8) is 0 Å². The second-order valence-electron chi connectivity index (χ2n) is 1.70. The zero-order valence-corrected chi connectivity index (χ0v) is 7.11. The van der Waals surface area contributed by atoms with Gasteiger partial charge < -0.3 is 10.5 Å². The van der Waals surface area contributed by atoms with Crippen molar-refractivity contribution in [1.82, 2.24) is 0 Å². The standard InChI is InChI=1S/C6H13NO2S/c1-3-10-5(4-7)6(8)9-2/h5H,3-4,7H2,1-2H3. The Labute approximate surface area is 65.3 Å². The van der Waals surface area contributed by atoms with Crippen LogP contribution in [0.1, 0.15) is 6.92 Å². The van der Waals surface area contributed by atoms with Crippen molar-refractivity contribution in [2.75, 3.05) is 19.4 Å². The lowest BCUT2D eigenvalue weighted by Gasteiger charge is -2.09. The maximum absolute atomic E-state index is 10.8. The van der Waals surface area contributed by atoms with Gasteiger partial charge in [0.05, 0.1) is 7.11 Å². The lowest BCUT2D eigenvalue weighted by molar-refractivity contribution is -0.139. The van der Waals surface area contributed by atoms with Gasteiger partial charge in [0.25, 0.3) is 0 Å². The van der Waals surface area contributed by atoms with Crippen LogP contribution in [0.3, 0.4) is 0 Å². The second kappa shape index (κ2) is 5.56. The van der Waals surface area contributed by atoms with Gasteiger partial charge in [0, 0.05) is 6.54 Å². The summed E-state index contributed by atoms with van der Waals surface area (Å²) in [5.41, 5.74) is 5.31. The van der Waals surface area contributed by atoms with E-state index in [1.54, 1.807) is 0 Å². The smallest absolute Gasteiger partial charge is 0.320 e. The molecule has 1 atom stereocenters. The molecule has 0 saturated carbocycles. The molecule has 0 fully saturated rings. The van der Waals surface area contributed by atoms with E-state index >= 15 is 0 Å². The van der Waals surface area contributed by atoms with E-state index in [2.05, 4.69) is 4.74 Å². The summed E-state index contributed by atoms with van der Waals surface area (Å²) in [6.45, 7) is 2.33. The highest BCUT2D eigenvalue weighted by Crippen LogP contribution is 2.09. The molecule has 60 valence electrons. The van der Waals surface area contributed by atoms with Crippen LogP contribution in [0.4, 0.5) is 0 Å². The molecule has 0 saturated heterocycles. The van der Waals surface area contributed by atoms with E-state index in [9.17, 15) is 4.79 Å². The van der Waals surface area contributed by atoms with E-state index in [1.165, 1.54) is 18.9 Å². The van der Waals surface area contributed by atoms with Crippen LogP contribution in [-0.4, -0.2) is 30.6 Å². The number of ether oxygens (including phenoxy) is 1. The number of nitrogens with two attached hydrogens (primary N) is 1. The predicted octanol–water partition coefficient (Wildman–Crippen LogP) is 0.240. The maximum atomic E-state index is 10.8. The van der Waals surface area contributed by atoms with Crippen LogP contribution in [0, 0.1) is 0 Å². The summed E-state index contributed by atoms with van der Waals surface area (Å²) in [5.74, 6) is 0.658. The molecule has 4 heteroatoms. The summed E-state index contributed by atoms with van der Waals surface area (Å²) < 4.78 is 4.52. The third kappa shape index (κ3) is 3.08. The number of rotatable bonds is 4. The molecule has 10 heavy (non-hydrogen) atoms. The van der Waals surface area contributed by atoms with Gasteiger partial charge in [-0.25, -0.2) is 0 Å². The molecule has 0 aliphatic rings. The Morgan fingerprint density at radius 3 is 2.70 bits per heavy atom. The second-order valence-corrected chi connectivity index (χ2v) is 3.18. The van der Waals surface area contributed by atoms with Crippen molar-refractivity contribution >= 4 is 17.7 Å². The Morgan fingerprint density at radius 1 is 1.80 bits per heavy atom. The summed E-state index contributed by atoms with van der Waals surface area (Å²) >= 11 is 1.51. The monoisotopic (exact) mass is 163 g/mol. The van der Waals surface area contributed by atoms with Gasteiger partial charge in [-0.3, -0.25) is 4.79 Å². The third-order valence-corrected chi connectivity index (χ3v) is 2.17. The summed E-state index contributed by atoms with van der Waals surface area (Å²) in [5, 5.41) is -0.185. The quantitative estimate of drug-likeness (QED) is 0.603. The molecule has 0 rings (SSSR count). The largest absolute Gasteiger partial charge is 0.468 e. The number of hydrogen-bond donors (Lipinski definition) is 1. The maximum Gasteiger partial charge on any atom is 0.320 e. The minimum atomic E-state index is -0.227. The summed E-state index contributed by atoms with van der Waals surface area (Å²) in [7, 11) is 1.38. The first kappa shape index (κ1) is 9.78. The van der Waals surface area contributed by atoms with E-state index in [4.69, 9.17) is 5.73 Å². The van der Waals surface area contributed by atoms with Gasteiger partial charge in [0.2, 0.25) is 0 Å². The highest BCUT2D eigenvalue weighted by Gasteiger charge is 2.15. The van der Waals surface area contributed by atoms with Gasteiger partial charge in [-0.15, -0.1) is 11.8 Å². The normalized spacial score (nSPS) is 12.7. The molecule has 0 heterocycles. The van der Waals surface area contributed by atoms with Gasteiger partial charge in [0.1, 0.15) is 5.25 Å². The Kier molecular flexibility index (Phi) is 5.43. The van der Waals surface area contributed by atoms with E-state index < -0.39 is 0 Å². The molecule has 0 bridgehead atoms. The topological polar surface area (TPSA) is 52.3 Å². The zero-order valence-electron chi connectivity index (χ0n) is 6.29. The van der Waals surface area contributed by atoms with Gasteiger partial charge in [-0.05, 0) is 5.75 Å². The fourth-order valence-corrected chi connectivity index (χ4v) is 1.34. The van der Waals surface area contributed by atoms with Crippen LogP contribution >= 0.6 is 11.8 Å². The first-order valence-corrected chi connectivity index (χ1v) is 4.20. The molecular weight excluding hydrogens is 150 g/mol. The zero-order chi connectivity index (χ0) is 7.98. The van der Waals surface area contributed by atoms with Gasteiger partial charge in [-0.1, -0.05) is 6.92 Å². The molecule has 0 aromatic carbocycles. The Bertz CT molecular complexity index is 108. The average molecular weight is 163 g/mol. The SMILES string of the molecule is CCSC(CN)C(=O)OC. The van der Waals surface area contributed by atoms with Crippen molar-refractivity contribution in [1.29, 1.82) is 0 Å². The molecular formula is C6H13NO2S. The molecule has 2 N–H and O–H groups in total. The van der Waals surface area contributed by atoms with E-state index in [-0.39, 0.29) is 11.2 Å². The molecule has 0 aromatic heterocycles. The first-order valence-electron chi connectivity index (χ1n) is 3.15. The number of methoxy groups -OCH3 is 1. The summed E-state index contributed by atoms with van der Waals surface area (Å²) in [6.07, 6.45) is 0. The van der Waals surface area contributed by atoms with Crippen LogP contribution in [0.5, 0.6) is 0 Å². The molecule has 1 unspecified atom stereocenters. The number of hydrogen-bond acceptors (Lipinski definition) is 4. The number of thioether (sulfide) groups is 1. The average Bonchev–Trinajstić information content (AvgIpc) is 1.99. The predicted molar refractivity (Wildman–Crippen MR) is 43.0 cm³/mol. The minimum absolute atomic E-state index is 0.185. The van der Waals surface area contributed by atoms with Crippen LogP contribution in [0.15, 0.2) is 0 Å². The van der Waals surface area contributed by atoms with E-state index in [0.717, 1.165) is 5.75 Å². The van der Waals surface area contributed by atoms with Crippen LogP contribution in [0.2, 0.25) is 0 Å². The van der Waals surface area contributed by atoms with Gasteiger partial charge >= 0.3 is 5.97 Å². The fraction of sp³-hybridized carbons (Fsp3) is 0.833. The molecule has 0 radical (unpaired) electrons. The van der Waals surface area contributed by atoms with Crippen molar-refractivity contribution < 1.29 is 9.53 Å². The molecule has 0 aromatic rings. The number of esters is 1. The van der Waals surface area contributed by atoms with Crippen molar-refractivity contribution in [2.45, 2.75) is 12.2 Å². The van der Waals surface area contributed by atoms with E-state index in [1.807, 2.05) is 6.92 Å². The van der Waals surface area contributed by atoms with Gasteiger partial charge in [0.15, 0.2) is 0 Å². The number of carbonyl (C=O) groups excluding carboxylic acids is 1. The molecule has 0 spiro atoms. The molecule has 0 amide bonds. The minimum Gasteiger partial charge on any atom is -0.468 e. The Balaban J connectivity index is 3.68. The van der Waals surface area contributed by atoms with Gasteiger partial charge in [-0.2, -0.15) is 0 Å². The summed E-state index contributed by atoms with van der Waals surface area (Å²) in [6, 6.07) is 0. The lowest BCUT2D eigenvalue weighted by atomic mass is 10.4. The van der Waals surface area contributed by atoms with Crippen LogP contribution < -0.4 is 5.73 Å². The first-order chi connectivity index (χ1) is 4.76.